The van der Waals surface area contributed by atoms with E-state index in [9.17, 15) is 14.7 Å². The van der Waals surface area contributed by atoms with Crippen LogP contribution in [0.4, 0.5) is 9.80 Å². The van der Waals surface area contributed by atoms with Crippen molar-refractivity contribution < 1.29 is 19.4 Å². The Hall–Kier alpha value is -3.12. The summed E-state index contributed by atoms with van der Waals surface area (Å²) in [6, 6.07) is 16.4. The van der Waals surface area contributed by atoms with Gasteiger partial charge < -0.3 is 9.84 Å². The summed E-state index contributed by atoms with van der Waals surface area (Å²) in [5.41, 5.74) is 5.92. The van der Waals surface area contributed by atoms with Gasteiger partial charge in [0.15, 0.2) is 0 Å². The Morgan fingerprint density at radius 2 is 1.71 bits per heavy atom. The number of amides is 1. The standard InChI is InChI=1S/C29H31NO4S/c1-4-29(2,3)17-13-14-22-24(15-17)35-26(25(22)27(31)32)30-28(33)34-16-23-20-11-7-5-9-18(20)19-10-6-8-12-21(19)23/h5-12,17,23H,4,13-16H2,1-3H3,(H,30,33)(H,31,32). The first-order valence-electron chi connectivity index (χ1n) is 12.3. The summed E-state index contributed by atoms with van der Waals surface area (Å²) in [5.74, 6) is -0.534. The summed E-state index contributed by atoms with van der Waals surface area (Å²) in [5, 5.41) is 13.1. The second-order valence-corrected chi connectivity index (χ2v) is 11.4. The van der Waals surface area contributed by atoms with Gasteiger partial charge in [0.05, 0.1) is 5.56 Å². The normalized spacial score (nSPS) is 16.8. The summed E-state index contributed by atoms with van der Waals surface area (Å²) in [6.45, 7) is 6.96. The molecule has 0 radical (unpaired) electrons. The Morgan fingerprint density at radius 3 is 2.31 bits per heavy atom. The van der Waals surface area contributed by atoms with Gasteiger partial charge in [-0.1, -0.05) is 75.7 Å². The quantitative estimate of drug-likeness (QED) is 0.380. The highest BCUT2D eigenvalue weighted by atomic mass is 32.1. The molecule has 1 atom stereocenters. The molecule has 2 aromatic carbocycles. The molecule has 0 aliphatic heterocycles. The van der Waals surface area contributed by atoms with Crippen LogP contribution in [0.1, 0.15) is 71.5 Å². The first-order valence-corrected chi connectivity index (χ1v) is 13.1. The van der Waals surface area contributed by atoms with Crippen molar-refractivity contribution in [2.45, 2.75) is 52.4 Å². The van der Waals surface area contributed by atoms with Crippen molar-refractivity contribution in [3.05, 3.63) is 75.7 Å². The first kappa shape index (κ1) is 23.6. The highest BCUT2D eigenvalue weighted by molar-refractivity contribution is 7.17. The van der Waals surface area contributed by atoms with E-state index in [1.54, 1.807) is 0 Å². The van der Waals surface area contributed by atoms with E-state index in [0.717, 1.165) is 47.3 Å². The van der Waals surface area contributed by atoms with Crippen molar-refractivity contribution >= 4 is 28.4 Å². The summed E-state index contributed by atoms with van der Waals surface area (Å²) in [6.07, 6.45) is 3.02. The van der Waals surface area contributed by atoms with Crippen molar-refractivity contribution in [3.63, 3.8) is 0 Å². The lowest BCUT2D eigenvalue weighted by Gasteiger charge is -2.36. The highest BCUT2D eigenvalue weighted by Crippen LogP contribution is 2.46. The monoisotopic (exact) mass is 489 g/mol. The van der Waals surface area contributed by atoms with Gasteiger partial charge in [-0.25, -0.2) is 9.59 Å². The smallest absolute Gasteiger partial charge is 0.412 e. The summed E-state index contributed by atoms with van der Waals surface area (Å²) in [7, 11) is 0. The first-order chi connectivity index (χ1) is 16.8. The molecule has 1 unspecified atom stereocenters. The van der Waals surface area contributed by atoms with Crippen LogP contribution in [0.5, 0.6) is 0 Å². The van der Waals surface area contributed by atoms with Gasteiger partial charge in [0, 0.05) is 10.8 Å². The largest absolute Gasteiger partial charge is 0.478 e. The number of fused-ring (bicyclic) bond motifs is 4. The van der Waals surface area contributed by atoms with Gasteiger partial charge in [0.25, 0.3) is 0 Å². The fourth-order valence-electron chi connectivity index (χ4n) is 5.58. The number of hydrogen-bond donors (Lipinski definition) is 2. The summed E-state index contributed by atoms with van der Waals surface area (Å²) >= 11 is 1.39. The molecule has 1 heterocycles. The Labute approximate surface area is 210 Å². The van der Waals surface area contributed by atoms with Crippen LogP contribution in [0.3, 0.4) is 0 Å². The van der Waals surface area contributed by atoms with E-state index in [2.05, 4.69) is 50.4 Å². The Kier molecular flexibility index (Phi) is 6.18. The third-order valence-corrected chi connectivity index (χ3v) is 9.22. The van der Waals surface area contributed by atoms with Gasteiger partial charge in [0.1, 0.15) is 11.6 Å². The number of benzene rings is 2. The van der Waals surface area contributed by atoms with E-state index in [1.165, 1.54) is 22.5 Å². The lowest BCUT2D eigenvalue weighted by molar-refractivity contribution is 0.0696. The molecule has 0 spiro atoms. The van der Waals surface area contributed by atoms with E-state index in [1.807, 2.05) is 24.3 Å². The van der Waals surface area contributed by atoms with Crippen molar-refractivity contribution in [1.29, 1.82) is 0 Å². The van der Waals surface area contributed by atoms with Crippen LogP contribution < -0.4 is 5.32 Å². The maximum atomic E-state index is 12.8. The molecule has 0 saturated heterocycles. The number of nitrogens with one attached hydrogen (secondary N) is 1. The minimum absolute atomic E-state index is 0.0410. The zero-order valence-electron chi connectivity index (χ0n) is 20.4. The molecule has 2 N–H and O–H groups in total. The molecule has 2 aliphatic carbocycles. The molecule has 2 aliphatic rings. The van der Waals surface area contributed by atoms with Crippen LogP contribution in [0.25, 0.3) is 11.1 Å². The Balaban J connectivity index is 1.33. The molecule has 3 aromatic rings. The van der Waals surface area contributed by atoms with E-state index in [4.69, 9.17) is 4.74 Å². The van der Waals surface area contributed by atoms with Gasteiger partial charge in [-0.05, 0) is 58.4 Å². The maximum Gasteiger partial charge on any atom is 0.412 e. The molecule has 0 fully saturated rings. The second-order valence-electron chi connectivity index (χ2n) is 10.2. The molecular formula is C29H31NO4S. The van der Waals surface area contributed by atoms with Crippen molar-refractivity contribution in [2.24, 2.45) is 11.3 Å². The molecule has 6 heteroatoms. The van der Waals surface area contributed by atoms with Gasteiger partial charge in [-0.2, -0.15) is 0 Å². The molecule has 1 amide bonds. The zero-order chi connectivity index (χ0) is 24.7. The van der Waals surface area contributed by atoms with Gasteiger partial charge in [0.2, 0.25) is 0 Å². The summed E-state index contributed by atoms with van der Waals surface area (Å²) in [4.78, 5) is 26.0. The highest BCUT2D eigenvalue weighted by Gasteiger charge is 2.36. The van der Waals surface area contributed by atoms with E-state index < -0.39 is 12.1 Å². The predicted octanol–water partition coefficient (Wildman–Crippen LogP) is 7.35. The van der Waals surface area contributed by atoms with Gasteiger partial charge in [-0.3, -0.25) is 5.32 Å². The van der Waals surface area contributed by atoms with E-state index in [-0.39, 0.29) is 23.5 Å². The van der Waals surface area contributed by atoms with Crippen LogP contribution in [-0.4, -0.2) is 23.8 Å². The minimum atomic E-state index is -0.996. The molecular weight excluding hydrogens is 458 g/mol. The van der Waals surface area contributed by atoms with Crippen molar-refractivity contribution in [1.82, 2.24) is 0 Å². The number of ether oxygens (including phenoxy) is 1. The SMILES string of the molecule is CCC(C)(C)C1CCc2c(sc(NC(=O)OCC3c4ccccc4-c4ccccc43)c2C(=O)O)C1. The number of carbonyl (C=O) groups is 2. The van der Waals surface area contributed by atoms with Crippen LogP contribution in [0.2, 0.25) is 0 Å². The van der Waals surface area contributed by atoms with Gasteiger partial charge >= 0.3 is 12.1 Å². The fourth-order valence-corrected chi connectivity index (χ4v) is 6.89. The number of carboxylic acids is 1. The number of anilines is 1. The molecule has 5 rings (SSSR count). The number of hydrogen-bond acceptors (Lipinski definition) is 4. The number of thiophene rings is 1. The molecule has 182 valence electrons. The lowest BCUT2D eigenvalue weighted by Crippen LogP contribution is -2.28. The van der Waals surface area contributed by atoms with Crippen LogP contribution in [-0.2, 0) is 17.6 Å². The van der Waals surface area contributed by atoms with E-state index >= 15 is 0 Å². The third kappa shape index (κ3) is 4.25. The summed E-state index contributed by atoms with van der Waals surface area (Å²) < 4.78 is 5.67. The van der Waals surface area contributed by atoms with Crippen molar-refractivity contribution in [3.8, 4) is 11.1 Å². The second kappa shape index (κ2) is 9.15. The average molecular weight is 490 g/mol. The average Bonchev–Trinajstić information content (AvgIpc) is 3.37. The number of rotatable bonds is 6. The Morgan fingerprint density at radius 1 is 1.09 bits per heavy atom. The van der Waals surface area contributed by atoms with Crippen LogP contribution >= 0.6 is 11.3 Å². The van der Waals surface area contributed by atoms with Gasteiger partial charge in [-0.15, -0.1) is 11.3 Å². The molecule has 0 saturated carbocycles. The predicted molar refractivity (Wildman–Crippen MR) is 140 cm³/mol. The number of carboxylic acid groups (broad SMARTS) is 1. The fraction of sp³-hybridized carbons (Fsp3) is 0.379. The number of aromatic carboxylic acids is 1. The lowest BCUT2D eigenvalue weighted by atomic mass is 9.69. The number of carbonyl (C=O) groups excluding carboxylic acids is 1. The molecule has 5 nitrogen and oxygen atoms in total. The topological polar surface area (TPSA) is 75.6 Å². The third-order valence-electron chi connectivity index (χ3n) is 8.05. The molecule has 35 heavy (non-hydrogen) atoms. The Bertz CT molecular complexity index is 1250. The van der Waals surface area contributed by atoms with Crippen LogP contribution in [0, 0.1) is 11.3 Å². The van der Waals surface area contributed by atoms with Crippen molar-refractivity contribution in [2.75, 3.05) is 11.9 Å². The van der Waals surface area contributed by atoms with E-state index in [0.29, 0.717) is 10.9 Å². The van der Waals surface area contributed by atoms with Crippen LogP contribution in [0.15, 0.2) is 48.5 Å². The molecule has 0 bridgehead atoms. The molecule has 1 aromatic heterocycles. The zero-order valence-corrected chi connectivity index (χ0v) is 21.2. The maximum absolute atomic E-state index is 12.8. The minimum Gasteiger partial charge on any atom is -0.478 e.